The molecule has 0 spiro atoms. The molecule has 0 amide bonds. The Kier molecular flexibility index (Phi) is 5.21. The Bertz CT molecular complexity index is 716. The second-order valence-electron chi connectivity index (χ2n) is 4.35. The smallest absolute Gasteiger partial charge is 0.246 e. The number of halogens is 1. The Morgan fingerprint density at radius 3 is 2.76 bits per heavy atom. The van der Waals surface area contributed by atoms with Gasteiger partial charge < -0.3 is 5.32 Å². The lowest BCUT2D eigenvalue weighted by Gasteiger charge is -2.18. The number of aromatic nitrogens is 1. The molecule has 0 aromatic carbocycles. The van der Waals surface area contributed by atoms with Gasteiger partial charge in [-0.2, -0.15) is 4.31 Å². The highest BCUT2D eigenvalue weighted by molar-refractivity contribution is 7.89. The maximum atomic E-state index is 12.7. The summed E-state index contributed by atoms with van der Waals surface area (Å²) in [4.78, 5) is 5.16. The molecule has 0 aliphatic carbocycles. The minimum Gasteiger partial charge on any atom is -0.369 e. The van der Waals surface area contributed by atoms with Crippen molar-refractivity contribution in [1.82, 2.24) is 9.29 Å². The van der Waals surface area contributed by atoms with E-state index in [9.17, 15) is 8.42 Å². The first-order valence-corrected chi connectivity index (χ1v) is 8.98. The van der Waals surface area contributed by atoms with Crippen LogP contribution in [0.5, 0.6) is 0 Å². The summed E-state index contributed by atoms with van der Waals surface area (Å²) in [5, 5.41) is 2.97. The summed E-state index contributed by atoms with van der Waals surface area (Å²) in [6.45, 7) is 2.77. The molecule has 2 heterocycles. The number of hydrogen-bond donors (Lipinski definition) is 1. The van der Waals surface area contributed by atoms with Crippen LogP contribution in [-0.2, 0) is 16.6 Å². The van der Waals surface area contributed by atoms with Gasteiger partial charge in [-0.3, -0.25) is 0 Å². The average molecular weight is 346 g/mol. The second-order valence-corrected chi connectivity index (χ2v) is 8.16. The first-order valence-electron chi connectivity index (χ1n) is 6.34. The van der Waals surface area contributed by atoms with E-state index in [4.69, 9.17) is 11.6 Å². The number of sulfonamides is 1. The molecule has 0 aliphatic rings. The summed E-state index contributed by atoms with van der Waals surface area (Å²) in [5.74, 6) is 0.371. The molecule has 0 radical (unpaired) electrons. The standard InChI is InChI=1S/C13H16ClN3O2S2/c1-3-15-13-11(5-4-8-16-13)21(18,19)17(2)9-10-6-7-12(14)20-10/h4-8H,3,9H2,1-2H3,(H,15,16). The van der Waals surface area contributed by atoms with Crippen molar-refractivity contribution in [2.75, 3.05) is 18.9 Å². The molecule has 21 heavy (non-hydrogen) atoms. The van der Waals surface area contributed by atoms with E-state index in [-0.39, 0.29) is 11.4 Å². The molecule has 0 aliphatic heterocycles. The maximum Gasteiger partial charge on any atom is 0.246 e. The number of anilines is 1. The van der Waals surface area contributed by atoms with Gasteiger partial charge in [0.05, 0.1) is 4.34 Å². The molecule has 5 nitrogen and oxygen atoms in total. The average Bonchev–Trinajstić information content (AvgIpc) is 2.85. The summed E-state index contributed by atoms with van der Waals surface area (Å²) < 4.78 is 27.3. The summed E-state index contributed by atoms with van der Waals surface area (Å²) >= 11 is 7.24. The lowest BCUT2D eigenvalue weighted by Crippen LogP contribution is -2.27. The molecule has 2 aromatic rings. The van der Waals surface area contributed by atoms with Gasteiger partial charge in [0.15, 0.2) is 0 Å². The van der Waals surface area contributed by atoms with E-state index in [1.165, 1.54) is 15.6 Å². The SMILES string of the molecule is CCNc1ncccc1S(=O)(=O)N(C)Cc1ccc(Cl)s1. The molecule has 0 unspecified atom stereocenters. The van der Waals surface area contributed by atoms with Crippen molar-refractivity contribution in [3.05, 3.63) is 39.7 Å². The third kappa shape index (κ3) is 3.74. The van der Waals surface area contributed by atoms with Crippen molar-refractivity contribution in [2.45, 2.75) is 18.4 Å². The number of thiophene rings is 1. The molecule has 1 N–H and O–H groups in total. The van der Waals surface area contributed by atoms with Gasteiger partial charge >= 0.3 is 0 Å². The fourth-order valence-electron chi connectivity index (χ4n) is 1.81. The van der Waals surface area contributed by atoms with Crippen LogP contribution in [0, 0.1) is 0 Å². The largest absolute Gasteiger partial charge is 0.369 e. The summed E-state index contributed by atoms with van der Waals surface area (Å²) in [6, 6.07) is 6.76. The third-order valence-electron chi connectivity index (χ3n) is 2.81. The molecule has 114 valence electrons. The van der Waals surface area contributed by atoms with Crippen molar-refractivity contribution in [3.8, 4) is 0 Å². The van der Waals surface area contributed by atoms with Gasteiger partial charge in [0.2, 0.25) is 10.0 Å². The number of rotatable bonds is 6. The van der Waals surface area contributed by atoms with Crippen molar-refractivity contribution < 1.29 is 8.42 Å². The minimum absolute atomic E-state index is 0.178. The molecule has 0 atom stereocenters. The molecule has 0 bridgehead atoms. The Morgan fingerprint density at radius 2 is 2.14 bits per heavy atom. The van der Waals surface area contributed by atoms with E-state index < -0.39 is 10.0 Å². The van der Waals surface area contributed by atoms with E-state index in [1.807, 2.05) is 13.0 Å². The molecule has 8 heteroatoms. The van der Waals surface area contributed by atoms with Crippen LogP contribution in [-0.4, -0.2) is 31.3 Å². The molecule has 0 fully saturated rings. The van der Waals surface area contributed by atoms with E-state index in [1.54, 1.807) is 31.4 Å². The van der Waals surface area contributed by atoms with E-state index in [2.05, 4.69) is 10.3 Å². The third-order valence-corrected chi connectivity index (χ3v) is 5.86. The molecule has 0 saturated heterocycles. The first-order chi connectivity index (χ1) is 9.95. The van der Waals surface area contributed by atoms with Gasteiger partial charge in [-0.15, -0.1) is 11.3 Å². The Hall–Kier alpha value is -1.15. The zero-order chi connectivity index (χ0) is 15.5. The van der Waals surface area contributed by atoms with Gasteiger partial charge in [-0.25, -0.2) is 13.4 Å². The quantitative estimate of drug-likeness (QED) is 0.874. The summed E-state index contributed by atoms with van der Waals surface area (Å²) in [6.07, 6.45) is 1.57. The van der Waals surface area contributed by atoms with Crippen LogP contribution in [0.15, 0.2) is 35.4 Å². The normalized spacial score (nSPS) is 11.8. The van der Waals surface area contributed by atoms with Crippen LogP contribution in [0.3, 0.4) is 0 Å². The highest BCUT2D eigenvalue weighted by Gasteiger charge is 2.25. The highest BCUT2D eigenvalue weighted by atomic mass is 35.5. The second kappa shape index (κ2) is 6.74. The summed E-state index contributed by atoms with van der Waals surface area (Å²) in [5.41, 5.74) is 0. The fraction of sp³-hybridized carbons (Fsp3) is 0.308. The summed E-state index contributed by atoms with van der Waals surface area (Å²) in [7, 11) is -2.06. The van der Waals surface area contributed by atoms with Crippen molar-refractivity contribution >= 4 is 38.8 Å². The predicted octanol–water partition coefficient (Wildman–Crippen LogP) is 3.05. The van der Waals surface area contributed by atoms with Crippen molar-refractivity contribution in [3.63, 3.8) is 0 Å². The number of nitrogens with zero attached hydrogens (tertiary/aromatic N) is 2. The van der Waals surface area contributed by atoms with E-state index in [0.29, 0.717) is 16.7 Å². The number of hydrogen-bond acceptors (Lipinski definition) is 5. The lowest BCUT2D eigenvalue weighted by molar-refractivity contribution is 0.469. The van der Waals surface area contributed by atoms with Gasteiger partial charge in [0.25, 0.3) is 0 Å². The van der Waals surface area contributed by atoms with Crippen molar-refractivity contribution in [2.24, 2.45) is 0 Å². The van der Waals surface area contributed by atoms with E-state index >= 15 is 0 Å². The number of pyridine rings is 1. The molecule has 0 saturated carbocycles. The zero-order valence-electron chi connectivity index (χ0n) is 11.7. The first kappa shape index (κ1) is 16.2. The van der Waals surface area contributed by atoms with Crippen LogP contribution in [0.4, 0.5) is 5.82 Å². The molecular weight excluding hydrogens is 330 g/mol. The lowest BCUT2D eigenvalue weighted by atomic mass is 10.4. The van der Waals surface area contributed by atoms with Crippen LogP contribution in [0.2, 0.25) is 4.34 Å². The zero-order valence-corrected chi connectivity index (χ0v) is 14.1. The Labute approximate surface area is 133 Å². The maximum absolute atomic E-state index is 12.7. The van der Waals surface area contributed by atoms with Gasteiger partial charge in [-0.05, 0) is 31.2 Å². The molecular formula is C13H16ClN3O2S2. The predicted molar refractivity (Wildman–Crippen MR) is 86.4 cm³/mol. The number of nitrogens with one attached hydrogen (secondary N) is 1. The Balaban J connectivity index is 2.28. The van der Waals surface area contributed by atoms with Crippen LogP contribution in [0.1, 0.15) is 11.8 Å². The molecule has 2 rings (SSSR count). The van der Waals surface area contributed by atoms with Gasteiger partial charge in [-0.1, -0.05) is 11.6 Å². The monoisotopic (exact) mass is 345 g/mol. The molecule has 2 aromatic heterocycles. The van der Waals surface area contributed by atoms with Crippen LogP contribution in [0.25, 0.3) is 0 Å². The minimum atomic E-state index is -3.61. The van der Waals surface area contributed by atoms with Crippen LogP contribution >= 0.6 is 22.9 Å². The van der Waals surface area contributed by atoms with Gasteiger partial charge in [0.1, 0.15) is 10.7 Å². The Morgan fingerprint density at radius 1 is 1.38 bits per heavy atom. The highest BCUT2D eigenvalue weighted by Crippen LogP contribution is 2.26. The van der Waals surface area contributed by atoms with Gasteiger partial charge in [0, 0.05) is 31.2 Å². The van der Waals surface area contributed by atoms with E-state index in [0.717, 1.165) is 4.88 Å². The fourth-order valence-corrected chi connectivity index (χ4v) is 4.30. The van der Waals surface area contributed by atoms with Crippen molar-refractivity contribution in [1.29, 1.82) is 0 Å². The topological polar surface area (TPSA) is 62.3 Å². The van der Waals surface area contributed by atoms with Crippen LogP contribution < -0.4 is 5.32 Å².